The third-order valence-electron chi connectivity index (χ3n) is 1.49. The van der Waals surface area contributed by atoms with Crippen molar-refractivity contribution >= 4 is 23.9 Å². The van der Waals surface area contributed by atoms with E-state index in [1.54, 1.807) is 0 Å². The molecule has 0 bridgehead atoms. The van der Waals surface area contributed by atoms with Crippen molar-refractivity contribution in [2.45, 2.75) is 66.2 Å². The summed E-state index contributed by atoms with van der Waals surface area (Å²) in [5, 5.41) is 30.5. The Morgan fingerprint density at radius 2 is 0.909 bits per heavy atom. The normalized spacial score (nSPS) is 7.82. The molecule has 8 nitrogen and oxygen atoms in total. The van der Waals surface area contributed by atoms with Gasteiger partial charge in [-0.1, -0.05) is 32.6 Å². The van der Waals surface area contributed by atoms with Crippen molar-refractivity contribution in [1.29, 1.82) is 0 Å². The summed E-state index contributed by atoms with van der Waals surface area (Å²) in [5.74, 6) is -3.17. The van der Waals surface area contributed by atoms with Crippen LogP contribution in [0.2, 0.25) is 0 Å². The van der Waals surface area contributed by atoms with Crippen molar-refractivity contribution in [1.82, 2.24) is 0 Å². The summed E-state index contributed by atoms with van der Waals surface area (Å²) >= 11 is 0. The van der Waals surface area contributed by atoms with Gasteiger partial charge in [0.1, 0.15) is 0 Å². The maximum Gasteiger partial charge on any atom is 0.303 e. The molecular weight excluding hydrogens is 296 g/mol. The molecule has 0 amide bonds. The molecule has 0 radical (unpaired) electrons. The van der Waals surface area contributed by atoms with E-state index in [-0.39, 0.29) is 0 Å². The third kappa shape index (κ3) is 214. The van der Waals surface area contributed by atoms with Gasteiger partial charge in [-0.05, 0) is 6.42 Å². The van der Waals surface area contributed by atoms with Gasteiger partial charge in [0.15, 0.2) is 0 Å². The third-order valence-corrected chi connectivity index (χ3v) is 1.49. The molecule has 132 valence electrons. The fourth-order valence-corrected chi connectivity index (χ4v) is 0.880. The van der Waals surface area contributed by atoms with E-state index in [1.165, 1.54) is 19.3 Å². The quantitative estimate of drug-likeness (QED) is 0.545. The van der Waals surface area contributed by atoms with E-state index in [4.69, 9.17) is 34.8 Å². The molecule has 0 heterocycles. The molecule has 0 rings (SSSR count). The first-order valence-electron chi connectivity index (χ1n) is 6.77. The minimum absolute atomic E-state index is 0.337. The zero-order valence-corrected chi connectivity index (χ0v) is 13.7. The van der Waals surface area contributed by atoms with Gasteiger partial charge in [-0.2, -0.15) is 0 Å². The van der Waals surface area contributed by atoms with Gasteiger partial charge in [0.2, 0.25) is 0 Å². The van der Waals surface area contributed by atoms with E-state index in [1.807, 2.05) is 0 Å². The minimum Gasteiger partial charge on any atom is -0.481 e. The van der Waals surface area contributed by atoms with Gasteiger partial charge in [0.05, 0.1) is 0 Å². The molecule has 0 saturated carbocycles. The smallest absolute Gasteiger partial charge is 0.303 e. The molecule has 0 aliphatic heterocycles. The Balaban J connectivity index is -0.000000112. The Bertz CT molecular complexity index is 259. The van der Waals surface area contributed by atoms with Crippen LogP contribution in [0.3, 0.4) is 0 Å². The lowest BCUT2D eigenvalue weighted by molar-refractivity contribution is -0.137. The number of aliphatic carboxylic acids is 4. The molecule has 0 aromatic rings. The second-order valence-electron chi connectivity index (χ2n) is 4.12. The average Bonchev–Trinajstić information content (AvgIpc) is 2.26. The fourth-order valence-electron chi connectivity index (χ4n) is 0.880. The largest absolute Gasteiger partial charge is 0.481 e. The first-order valence-corrected chi connectivity index (χ1v) is 6.77. The van der Waals surface area contributed by atoms with Gasteiger partial charge in [0.25, 0.3) is 17.9 Å². The molecule has 0 unspecified atom stereocenters. The zero-order valence-electron chi connectivity index (χ0n) is 13.7. The van der Waals surface area contributed by atoms with Crippen molar-refractivity contribution in [3.8, 4) is 0 Å². The van der Waals surface area contributed by atoms with Gasteiger partial charge < -0.3 is 20.4 Å². The average molecular weight is 324 g/mol. The Morgan fingerprint density at radius 1 is 0.636 bits per heavy atom. The van der Waals surface area contributed by atoms with Crippen molar-refractivity contribution in [3.63, 3.8) is 0 Å². The topological polar surface area (TPSA) is 149 Å². The molecule has 0 saturated heterocycles. The van der Waals surface area contributed by atoms with Crippen LogP contribution in [0.15, 0.2) is 0 Å². The van der Waals surface area contributed by atoms with Crippen LogP contribution < -0.4 is 0 Å². The van der Waals surface area contributed by atoms with Crippen LogP contribution in [0.25, 0.3) is 0 Å². The summed E-state index contributed by atoms with van der Waals surface area (Å²) < 4.78 is 0. The Labute approximate surface area is 130 Å². The van der Waals surface area contributed by atoms with Crippen LogP contribution in [0, 0.1) is 0 Å². The van der Waals surface area contributed by atoms with E-state index in [0.717, 1.165) is 33.6 Å². The minimum atomic E-state index is -0.833. The number of hydrogen-bond donors (Lipinski definition) is 4. The summed E-state index contributed by atoms with van der Waals surface area (Å²) in [6.45, 7) is 5.40. The molecule has 0 aromatic heterocycles. The highest BCUT2D eigenvalue weighted by Gasteiger charge is 1.94. The first-order chi connectivity index (χ1) is 9.97. The van der Waals surface area contributed by atoms with Crippen LogP contribution in [-0.2, 0) is 19.2 Å². The lowest BCUT2D eigenvalue weighted by Crippen LogP contribution is -1.93. The van der Waals surface area contributed by atoms with Gasteiger partial charge >= 0.3 is 5.97 Å². The lowest BCUT2D eigenvalue weighted by atomic mass is 10.1. The molecule has 22 heavy (non-hydrogen) atoms. The number of hydrogen-bond acceptors (Lipinski definition) is 4. The van der Waals surface area contributed by atoms with Crippen molar-refractivity contribution in [2.24, 2.45) is 0 Å². The number of rotatable bonds is 6. The van der Waals surface area contributed by atoms with Gasteiger partial charge in [-0.15, -0.1) is 0 Å². The van der Waals surface area contributed by atoms with Gasteiger partial charge in [0, 0.05) is 27.2 Å². The van der Waals surface area contributed by atoms with E-state index in [9.17, 15) is 4.79 Å². The highest BCUT2D eigenvalue weighted by atomic mass is 16.4. The standard InChI is InChI=1S/C8H16O2.3C2H4O2/c1-2-3-4-5-6-7-8(9)10;3*1-2(3)4/h2-7H2,1H3,(H,9,10);3*1H3,(H,3,4). The van der Waals surface area contributed by atoms with Crippen LogP contribution in [-0.4, -0.2) is 44.3 Å². The molecule has 0 aliphatic rings. The van der Waals surface area contributed by atoms with Crippen LogP contribution in [0.1, 0.15) is 66.2 Å². The lowest BCUT2D eigenvalue weighted by Gasteiger charge is -1.95. The molecule has 4 N–H and O–H groups in total. The Morgan fingerprint density at radius 3 is 1.14 bits per heavy atom. The van der Waals surface area contributed by atoms with E-state index in [0.29, 0.717) is 6.42 Å². The monoisotopic (exact) mass is 324 g/mol. The summed E-state index contributed by atoms with van der Waals surface area (Å²) in [4.78, 5) is 37.0. The molecule has 0 fully saturated rings. The van der Waals surface area contributed by atoms with Crippen molar-refractivity contribution in [2.75, 3.05) is 0 Å². The maximum absolute atomic E-state index is 10.0. The zero-order chi connectivity index (χ0) is 18.6. The predicted octanol–water partition coefficient (Wildman–Crippen LogP) is 2.70. The van der Waals surface area contributed by atoms with Gasteiger partial charge in [-0.3, -0.25) is 19.2 Å². The Hall–Kier alpha value is -2.12. The van der Waals surface area contributed by atoms with Gasteiger partial charge in [-0.25, -0.2) is 0 Å². The summed E-state index contributed by atoms with van der Waals surface area (Å²) in [6.07, 6.45) is 5.88. The van der Waals surface area contributed by atoms with Crippen molar-refractivity contribution in [3.05, 3.63) is 0 Å². The first kappa shape index (κ1) is 28.1. The number of carboxylic acid groups (broad SMARTS) is 4. The number of carbonyl (C=O) groups is 4. The molecule has 0 spiro atoms. The fraction of sp³-hybridized carbons (Fsp3) is 0.714. The van der Waals surface area contributed by atoms with Crippen LogP contribution >= 0.6 is 0 Å². The van der Waals surface area contributed by atoms with Crippen LogP contribution in [0.4, 0.5) is 0 Å². The highest BCUT2D eigenvalue weighted by Crippen LogP contribution is 2.04. The van der Waals surface area contributed by atoms with E-state index < -0.39 is 23.9 Å². The SMILES string of the molecule is CC(=O)O.CC(=O)O.CC(=O)O.CCCCCCCC(=O)O. The molecule has 8 heteroatoms. The number of carboxylic acids is 4. The van der Waals surface area contributed by atoms with E-state index in [2.05, 4.69) is 6.92 Å². The molecule has 0 aliphatic carbocycles. The van der Waals surface area contributed by atoms with E-state index >= 15 is 0 Å². The summed E-state index contributed by atoms with van der Waals surface area (Å²) in [7, 11) is 0. The second kappa shape index (κ2) is 23.9. The maximum atomic E-state index is 10.0. The molecule has 0 atom stereocenters. The predicted molar refractivity (Wildman–Crippen MR) is 80.9 cm³/mol. The second-order valence-corrected chi connectivity index (χ2v) is 4.12. The van der Waals surface area contributed by atoms with Crippen molar-refractivity contribution < 1.29 is 39.6 Å². The summed E-state index contributed by atoms with van der Waals surface area (Å²) in [5.41, 5.74) is 0. The summed E-state index contributed by atoms with van der Waals surface area (Å²) in [6, 6.07) is 0. The number of unbranched alkanes of at least 4 members (excludes halogenated alkanes) is 4. The molecule has 0 aromatic carbocycles. The Kier molecular flexibility index (Phi) is 30.6. The highest BCUT2D eigenvalue weighted by molar-refractivity contribution is 5.66. The van der Waals surface area contributed by atoms with Crippen LogP contribution in [0.5, 0.6) is 0 Å². The molecular formula is C14H28O8.